The van der Waals surface area contributed by atoms with E-state index < -0.39 is 0 Å². The summed E-state index contributed by atoms with van der Waals surface area (Å²) in [5.41, 5.74) is 19.5. The molecule has 0 bridgehead atoms. The van der Waals surface area contributed by atoms with Crippen LogP contribution in [0.5, 0.6) is 0 Å². The first-order valence-electron chi connectivity index (χ1n) is 19.5. The van der Waals surface area contributed by atoms with Crippen LogP contribution in [0.1, 0.15) is 48.9 Å². The highest BCUT2D eigenvalue weighted by atomic mass is 15.1. The lowest BCUT2D eigenvalue weighted by atomic mass is 9.81. The van der Waals surface area contributed by atoms with Crippen LogP contribution >= 0.6 is 0 Å². The van der Waals surface area contributed by atoms with Crippen molar-refractivity contribution >= 4 is 27.8 Å². The third-order valence-corrected chi connectivity index (χ3v) is 12.1. The average Bonchev–Trinajstić information content (AvgIpc) is 3.47. The number of rotatable bonds is 6. The summed E-state index contributed by atoms with van der Waals surface area (Å²) in [7, 11) is 0. The molecular weight excluding hydrogens is 651 g/mol. The maximum Gasteiger partial charge on any atom is 0.0540 e. The molecule has 0 atom stereocenters. The number of fused-ring (bicyclic) bond motifs is 5. The smallest absolute Gasteiger partial charge is 0.0540 e. The number of benzene rings is 8. The van der Waals surface area contributed by atoms with Gasteiger partial charge in [-0.05, 0) is 128 Å². The van der Waals surface area contributed by atoms with E-state index in [0.29, 0.717) is 0 Å². The molecule has 1 heteroatoms. The van der Waals surface area contributed by atoms with Crippen LogP contribution in [0.25, 0.3) is 55.3 Å². The molecular formula is C53H43N. The maximum absolute atomic E-state index is 2.48. The maximum atomic E-state index is 2.48. The molecule has 1 nitrogen and oxygen atoms in total. The van der Waals surface area contributed by atoms with E-state index in [9.17, 15) is 0 Å². The monoisotopic (exact) mass is 693 g/mol. The summed E-state index contributed by atoms with van der Waals surface area (Å²) in [6, 6.07) is 65.4. The summed E-state index contributed by atoms with van der Waals surface area (Å²) in [5, 5.41) is 2.51. The Hall–Kier alpha value is -6.18. The highest BCUT2D eigenvalue weighted by molar-refractivity contribution is 6.02. The molecule has 2 aliphatic rings. The van der Waals surface area contributed by atoms with E-state index >= 15 is 0 Å². The normalized spacial score (nSPS) is 14.0. The molecule has 0 amide bonds. The fraction of sp³-hybridized carbons (Fsp3) is 0.132. The number of hydrogen-bond acceptors (Lipinski definition) is 1. The van der Waals surface area contributed by atoms with E-state index in [1.807, 2.05) is 0 Å². The second-order valence-electron chi connectivity index (χ2n) is 15.5. The third-order valence-electron chi connectivity index (χ3n) is 12.1. The molecule has 8 aromatic rings. The first-order valence-corrected chi connectivity index (χ1v) is 19.5. The van der Waals surface area contributed by atoms with Gasteiger partial charge in [-0.1, -0.05) is 159 Å². The molecule has 0 unspecified atom stereocenters. The van der Waals surface area contributed by atoms with Gasteiger partial charge < -0.3 is 4.90 Å². The minimum absolute atomic E-state index is 0.164. The van der Waals surface area contributed by atoms with Crippen molar-refractivity contribution in [2.24, 2.45) is 0 Å². The molecule has 10 rings (SSSR count). The average molecular weight is 694 g/mol. The molecule has 0 fully saturated rings. The van der Waals surface area contributed by atoms with Crippen LogP contribution < -0.4 is 4.90 Å². The minimum atomic E-state index is -0.164. The molecule has 0 spiro atoms. The number of hydrogen-bond donors (Lipinski definition) is 0. The van der Waals surface area contributed by atoms with Crippen LogP contribution in [-0.2, 0) is 18.3 Å². The van der Waals surface area contributed by atoms with E-state index in [-0.39, 0.29) is 5.41 Å². The Morgan fingerprint density at radius 3 is 1.98 bits per heavy atom. The molecule has 0 radical (unpaired) electrons. The number of aryl methyl sites for hydroxylation is 1. The van der Waals surface area contributed by atoms with Crippen LogP contribution in [0.4, 0.5) is 17.1 Å². The highest BCUT2D eigenvalue weighted by Gasteiger charge is 2.37. The van der Waals surface area contributed by atoms with Gasteiger partial charge in [-0.3, -0.25) is 0 Å². The largest absolute Gasteiger partial charge is 0.310 e. The second kappa shape index (κ2) is 13.0. The molecule has 0 heterocycles. The van der Waals surface area contributed by atoms with Gasteiger partial charge in [0.2, 0.25) is 0 Å². The van der Waals surface area contributed by atoms with Gasteiger partial charge in [0, 0.05) is 22.4 Å². The predicted octanol–water partition coefficient (Wildman–Crippen LogP) is 14.5. The van der Waals surface area contributed by atoms with Crippen molar-refractivity contribution in [1.29, 1.82) is 0 Å². The molecule has 0 aromatic heterocycles. The van der Waals surface area contributed by atoms with Crippen LogP contribution in [0.15, 0.2) is 176 Å². The summed E-state index contributed by atoms with van der Waals surface area (Å²) >= 11 is 0. The minimum Gasteiger partial charge on any atom is -0.310 e. The molecule has 0 saturated carbocycles. The van der Waals surface area contributed by atoms with Gasteiger partial charge in [-0.25, -0.2) is 0 Å². The Morgan fingerprint density at radius 2 is 1.09 bits per heavy atom. The topological polar surface area (TPSA) is 3.24 Å². The number of nitrogens with zero attached hydrogens (tertiary/aromatic N) is 1. The van der Waals surface area contributed by atoms with Crippen molar-refractivity contribution in [3.8, 4) is 44.5 Å². The summed E-state index contributed by atoms with van der Waals surface area (Å²) in [6.45, 7) is 4.78. The number of anilines is 3. The quantitative estimate of drug-likeness (QED) is 0.168. The Labute approximate surface area is 319 Å². The van der Waals surface area contributed by atoms with E-state index in [2.05, 4.69) is 195 Å². The van der Waals surface area contributed by atoms with Crippen molar-refractivity contribution in [3.63, 3.8) is 0 Å². The van der Waals surface area contributed by atoms with Gasteiger partial charge in [-0.15, -0.1) is 0 Å². The predicted molar refractivity (Wildman–Crippen MR) is 229 cm³/mol. The van der Waals surface area contributed by atoms with E-state index in [1.165, 1.54) is 96.8 Å². The van der Waals surface area contributed by atoms with E-state index in [4.69, 9.17) is 0 Å². The molecule has 0 saturated heterocycles. The zero-order valence-electron chi connectivity index (χ0n) is 31.0. The molecule has 2 aliphatic carbocycles. The standard InChI is InChI=1S/C53H43N/c1-53(2)49-27-14-25-45(38-15-4-3-5-16-38)52(49)48-34-33-41(35-50(48)53)54(40-31-29-39(30-32-40)43-24-12-19-36-17-6-8-21-42(36)43)51-28-11-10-23-47(51)46-26-13-20-37-18-7-9-22-44(37)46/h3-5,7,9-16,18-20,22-35H,6,8,17,21H2,1-2H3. The molecule has 0 N–H and O–H groups in total. The van der Waals surface area contributed by atoms with Crippen LogP contribution in [0.3, 0.4) is 0 Å². The van der Waals surface area contributed by atoms with Crippen LogP contribution in [-0.4, -0.2) is 0 Å². The molecule has 54 heavy (non-hydrogen) atoms. The first-order chi connectivity index (χ1) is 26.6. The second-order valence-corrected chi connectivity index (χ2v) is 15.5. The van der Waals surface area contributed by atoms with Crippen LogP contribution in [0, 0.1) is 0 Å². The Morgan fingerprint density at radius 1 is 0.444 bits per heavy atom. The number of para-hydroxylation sites is 1. The Bertz CT molecular complexity index is 2680. The lowest BCUT2D eigenvalue weighted by Crippen LogP contribution is -2.17. The van der Waals surface area contributed by atoms with E-state index in [1.54, 1.807) is 0 Å². The van der Waals surface area contributed by atoms with Gasteiger partial charge in [0.15, 0.2) is 0 Å². The van der Waals surface area contributed by atoms with Gasteiger partial charge in [0.1, 0.15) is 0 Å². The van der Waals surface area contributed by atoms with Gasteiger partial charge in [0.25, 0.3) is 0 Å². The Balaban J connectivity index is 1.16. The zero-order valence-corrected chi connectivity index (χ0v) is 31.0. The summed E-state index contributed by atoms with van der Waals surface area (Å²) in [5.74, 6) is 0. The van der Waals surface area contributed by atoms with Crippen molar-refractivity contribution < 1.29 is 0 Å². The Kier molecular flexibility index (Phi) is 7.84. The van der Waals surface area contributed by atoms with Gasteiger partial charge >= 0.3 is 0 Å². The van der Waals surface area contributed by atoms with E-state index in [0.717, 1.165) is 23.5 Å². The lowest BCUT2D eigenvalue weighted by Gasteiger charge is -2.30. The fourth-order valence-corrected chi connectivity index (χ4v) is 9.40. The molecule has 0 aliphatic heterocycles. The van der Waals surface area contributed by atoms with Crippen molar-refractivity contribution in [2.45, 2.75) is 44.9 Å². The fourth-order valence-electron chi connectivity index (χ4n) is 9.40. The van der Waals surface area contributed by atoms with Crippen molar-refractivity contribution in [2.75, 3.05) is 4.90 Å². The van der Waals surface area contributed by atoms with Gasteiger partial charge in [0.05, 0.1) is 5.69 Å². The SMILES string of the molecule is CC1(C)c2cc(N(c3ccc(-c4cccc5c4CCCC5)cc3)c3ccccc3-c3cccc4ccccc34)ccc2-c2c(-c3ccccc3)cccc21. The third kappa shape index (κ3) is 5.30. The summed E-state index contributed by atoms with van der Waals surface area (Å²) < 4.78 is 0. The summed E-state index contributed by atoms with van der Waals surface area (Å²) in [4.78, 5) is 2.48. The molecule has 8 aromatic carbocycles. The zero-order chi connectivity index (χ0) is 36.2. The van der Waals surface area contributed by atoms with Crippen molar-refractivity contribution in [1.82, 2.24) is 0 Å². The van der Waals surface area contributed by atoms with Gasteiger partial charge in [-0.2, -0.15) is 0 Å². The summed E-state index contributed by atoms with van der Waals surface area (Å²) in [6.07, 6.45) is 4.91. The molecule has 260 valence electrons. The van der Waals surface area contributed by atoms with Crippen LogP contribution in [0.2, 0.25) is 0 Å². The highest BCUT2D eigenvalue weighted by Crippen LogP contribution is 2.54. The lowest BCUT2D eigenvalue weighted by molar-refractivity contribution is 0.660. The first kappa shape index (κ1) is 32.5. The van der Waals surface area contributed by atoms with Crippen molar-refractivity contribution in [3.05, 3.63) is 198 Å².